The third kappa shape index (κ3) is 9.10. The van der Waals surface area contributed by atoms with Gasteiger partial charge in [0.15, 0.2) is 0 Å². The Hall–Kier alpha value is -7.20. The van der Waals surface area contributed by atoms with E-state index in [0.29, 0.717) is 55.0 Å². The Balaban J connectivity index is 0.999. The van der Waals surface area contributed by atoms with Crippen molar-refractivity contribution in [1.29, 1.82) is 5.26 Å². The average molecular weight is 870 g/mol. The van der Waals surface area contributed by atoms with Crippen LogP contribution in [0, 0.1) is 17.1 Å². The Kier molecular flexibility index (Phi) is 11.9. The molecule has 3 atom stereocenters. The molecule has 6 aromatic rings. The highest BCUT2D eigenvalue weighted by Crippen LogP contribution is 2.40. The van der Waals surface area contributed by atoms with Gasteiger partial charge in [0.1, 0.15) is 36.0 Å². The summed E-state index contributed by atoms with van der Waals surface area (Å²) in [4.78, 5) is 55.5. The topological polar surface area (TPSA) is 158 Å². The maximum absolute atomic E-state index is 14.1. The van der Waals surface area contributed by atoms with Crippen molar-refractivity contribution >= 4 is 52.6 Å². The Morgan fingerprint density at radius 3 is 2.21 bits per heavy atom. The summed E-state index contributed by atoms with van der Waals surface area (Å²) in [7, 11) is 0. The maximum atomic E-state index is 14.1. The molecule has 0 saturated carbocycles. The number of hydrogen-bond donors (Lipinski definition) is 3. The van der Waals surface area contributed by atoms with Crippen LogP contribution in [-0.2, 0) is 40.4 Å². The molecule has 14 heteroatoms. The van der Waals surface area contributed by atoms with Crippen LogP contribution in [0.15, 0.2) is 127 Å². The predicted molar refractivity (Wildman–Crippen MR) is 229 cm³/mol. The van der Waals surface area contributed by atoms with Crippen LogP contribution in [0.5, 0.6) is 11.5 Å². The average Bonchev–Trinajstić information content (AvgIpc) is 3.28. The minimum absolute atomic E-state index is 0.0179. The van der Waals surface area contributed by atoms with E-state index in [1.807, 2.05) is 30.3 Å². The molecule has 3 N–H and O–H groups in total. The molecule has 2 heterocycles. The van der Waals surface area contributed by atoms with Crippen LogP contribution in [0.1, 0.15) is 49.8 Å². The Labute approximate surface area is 365 Å². The van der Waals surface area contributed by atoms with Gasteiger partial charge < -0.3 is 30.1 Å². The van der Waals surface area contributed by atoms with Crippen molar-refractivity contribution in [2.24, 2.45) is 0 Å². The molecule has 11 nitrogen and oxygen atoms in total. The van der Waals surface area contributed by atoms with Crippen LogP contribution in [0.3, 0.4) is 0 Å². The first-order valence-corrected chi connectivity index (χ1v) is 20.2. The molecule has 0 bridgehead atoms. The van der Waals surface area contributed by atoms with Crippen LogP contribution in [0.4, 0.5) is 10.1 Å². The lowest BCUT2D eigenvalue weighted by molar-refractivity contribution is -0.142. The summed E-state index contributed by atoms with van der Waals surface area (Å²) in [6.07, 6.45) is -1.07. The number of hydrogen-bond acceptors (Lipinski definition) is 7. The van der Waals surface area contributed by atoms with Gasteiger partial charge in [-0.05, 0) is 106 Å². The number of nitriles is 1. The van der Waals surface area contributed by atoms with Gasteiger partial charge in [-0.2, -0.15) is 5.26 Å². The van der Waals surface area contributed by atoms with E-state index in [1.165, 1.54) is 17.0 Å². The number of nitrogens with zero attached hydrogens (tertiary/aromatic N) is 2. The molecule has 0 aliphatic carbocycles. The van der Waals surface area contributed by atoms with E-state index in [4.69, 9.17) is 37.9 Å². The van der Waals surface area contributed by atoms with Gasteiger partial charge in [0.05, 0.1) is 27.4 Å². The number of benzene rings is 6. The van der Waals surface area contributed by atoms with Crippen LogP contribution in [-0.4, -0.2) is 45.8 Å². The third-order valence-corrected chi connectivity index (χ3v) is 11.5. The molecule has 8 rings (SSSR count). The van der Waals surface area contributed by atoms with Crippen molar-refractivity contribution in [3.63, 3.8) is 0 Å². The van der Waals surface area contributed by atoms with Crippen molar-refractivity contribution in [3.8, 4) is 28.7 Å². The summed E-state index contributed by atoms with van der Waals surface area (Å²) >= 11 is 12.1. The van der Waals surface area contributed by atoms with Crippen molar-refractivity contribution in [2.45, 2.75) is 44.2 Å². The summed E-state index contributed by atoms with van der Waals surface area (Å²) in [6.45, 7) is 0.175. The lowest BCUT2D eigenvalue weighted by Gasteiger charge is -2.37. The van der Waals surface area contributed by atoms with E-state index >= 15 is 0 Å². The lowest BCUT2D eigenvalue weighted by atomic mass is 9.91. The first-order chi connectivity index (χ1) is 29.9. The van der Waals surface area contributed by atoms with Crippen molar-refractivity contribution < 1.29 is 38.1 Å². The fourth-order valence-electron chi connectivity index (χ4n) is 7.42. The largest absolute Gasteiger partial charge is 0.489 e. The summed E-state index contributed by atoms with van der Waals surface area (Å²) in [5.74, 6) is -2.59. The normalized spacial score (nSPS) is 15.8. The zero-order valence-corrected chi connectivity index (χ0v) is 34.1. The number of carboxylic acids is 1. The Morgan fingerprint density at radius 2 is 1.55 bits per heavy atom. The molecule has 1 unspecified atom stereocenters. The number of aliphatic carboxylic acids is 1. The van der Waals surface area contributed by atoms with E-state index in [0.717, 1.165) is 28.8 Å². The fourth-order valence-corrected chi connectivity index (χ4v) is 7.75. The number of anilines is 1. The second kappa shape index (κ2) is 17.8. The first-order valence-electron chi connectivity index (χ1n) is 19.4. The Bertz CT molecular complexity index is 2740. The van der Waals surface area contributed by atoms with Crippen LogP contribution >= 0.6 is 23.2 Å². The highest BCUT2D eigenvalue weighted by atomic mass is 35.5. The number of amides is 3. The first kappa shape index (κ1) is 41.5. The van der Waals surface area contributed by atoms with Gasteiger partial charge in [-0.3, -0.25) is 14.4 Å². The lowest BCUT2D eigenvalue weighted by Crippen LogP contribution is -2.56. The number of carbonyl (C=O) groups excluding carboxylic acids is 3. The number of ether oxygens (including phenoxy) is 2. The SMILES string of the molecule is N#Cc1ccc(-c2ccc(C[C@H](NC(=O)C3Cc4cc5c(cc4CN3C(=O)c3ccc(F)cc3)O[C@@H](c3ccc(OCc4ccc(Cl)c(Cl)c4)cc3)C(=O)N5)C(=O)O)cc2)cc1. The zero-order chi connectivity index (χ0) is 43.5. The standard InChI is InChI=1S/C48H35Cl2FN4O7/c49-38-18-5-29(19-39(38)50)26-61-37-16-12-32(13-17-37)44-46(57)53-40-21-34-22-42(55(25-35(34)23-43(40)62-44)47(58)33-10-14-36(51)15-11-33)45(56)54-41(48(59)60)20-27-1-6-30(7-2-27)31-8-3-28(24-52)4-9-31/h1-19,21,23,41-42,44H,20,22,25-26H2,(H,53,57)(H,54,56)(H,59,60)/t41-,42?,44-/m0/s1. The van der Waals surface area contributed by atoms with Gasteiger partial charge >= 0.3 is 5.97 Å². The van der Waals surface area contributed by atoms with Crippen molar-refractivity contribution in [2.75, 3.05) is 5.32 Å². The van der Waals surface area contributed by atoms with Gasteiger partial charge in [0, 0.05) is 30.5 Å². The number of halogens is 3. The van der Waals surface area contributed by atoms with Crippen molar-refractivity contribution in [3.05, 3.63) is 182 Å². The number of nitrogens with one attached hydrogen (secondary N) is 2. The maximum Gasteiger partial charge on any atom is 0.326 e. The molecule has 2 aliphatic rings. The minimum atomic E-state index is -1.34. The second-order valence-electron chi connectivity index (χ2n) is 14.9. The molecule has 6 aromatic carbocycles. The molecule has 0 saturated heterocycles. The van der Waals surface area contributed by atoms with E-state index in [2.05, 4.69) is 16.7 Å². The van der Waals surface area contributed by atoms with E-state index in [-0.39, 0.29) is 31.6 Å². The van der Waals surface area contributed by atoms with Gasteiger partial charge in [0.25, 0.3) is 11.8 Å². The molecule has 0 aromatic heterocycles. The molecule has 0 radical (unpaired) electrons. The molecule has 310 valence electrons. The van der Waals surface area contributed by atoms with Crippen LogP contribution < -0.4 is 20.1 Å². The highest BCUT2D eigenvalue weighted by molar-refractivity contribution is 6.42. The monoisotopic (exact) mass is 868 g/mol. The van der Waals surface area contributed by atoms with E-state index < -0.39 is 47.7 Å². The molecule has 0 fully saturated rings. The summed E-state index contributed by atoms with van der Waals surface area (Å²) in [6, 6.07) is 34.3. The molecule has 0 spiro atoms. The smallest absolute Gasteiger partial charge is 0.326 e. The summed E-state index contributed by atoms with van der Waals surface area (Å²) in [5.41, 5.74) is 6.10. The summed E-state index contributed by atoms with van der Waals surface area (Å²) in [5, 5.41) is 25.8. The van der Waals surface area contributed by atoms with Gasteiger partial charge in [-0.15, -0.1) is 0 Å². The molecular weight excluding hydrogens is 834 g/mol. The molecule has 2 aliphatic heterocycles. The van der Waals surface area contributed by atoms with Gasteiger partial charge in [0.2, 0.25) is 12.0 Å². The molecular formula is C48H35Cl2FN4O7. The predicted octanol–water partition coefficient (Wildman–Crippen LogP) is 8.70. The third-order valence-electron chi connectivity index (χ3n) is 10.8. The number of carboxylic acid groups (broad SMARTS) is 1. The van der Waals surface area contributed by atoms with E-state index in [1.54, 1.807) is 72.8 Å². The van der Waals surface area contributed by atoms with Gasteiger partial charge in [-0.1, -0.05) is 77.8 Å². The Morgan fingerprint density at radius 1 is 0.871 bits per heavy atom. The molecule has 3 amide bonds. The highest BCUT2D eigenvalue weighted by Gasteiger charge is 2.39. The number of rotatable bonds is 11. The molecule has 62 heavy (non-hydrogen) atoms. The van der Waals surface area contributed by atoms with Crippen molar-refractivity contribution in [1.82, 2.24) is 10.2 Å². The van der Waals surface area contributed by atoms with Crippen LogP contribution in [0.2, 0.25) is 10.0 Å². The fraction of sp³-hybridized carbons (Fsp3) is 0.146. The second-order valence-corrected chi connectivity index (χ2v) is 15.7. The van der Waals surface area contributed by atoms with Gasteiger partial charge in [-0.25, -0.2) is 9.18 Å². The zero-order valence-electron chi connectivity index (χ0n) is 32.6. The van der Waals surface area contributed by atoms with Crippen LogP contribution in [0.25, 0.3) is 11.1 Å². The minimum Gasteiger partial charge on any atom is -0.489 e. The number of fused-ring (bicyclic) bond motifs is 2. The van der Waals surface area contributed by atoms with E-state index in [9.17, 15) is 28.7 Å². The number of carbonyl (C=O) groups is 4. The quantitative estimate of drug-likeness (QED) is 0.117. The summed E-state index contributed by atoms with van der Waals surface area (Å²) < 4.78 is 26.0.